The van der Waals surface area contributed by atoms with Gasteiger partial charge in [-0.1, -0.05) is 6.07 Å². The number of pyridine rings is 1. The van der Waals surface area contributed by atoms with E-state index in [2.05, 4.69) is 23.3 Å². The molecule has 1 aliphatic rings. The van der Waals surface area contributed by atoms with E-state index in [4.69, 9.17) is 16.6 Å². The van der Waals surface area contributed by atoms with Crippen molar-refractivity contribution in [3.8, 4) is 0 Å². The Labute approximate surface area is 112 Å². The van der Waals surface area contributed by atoms with Crippen molar-refractivity contribution in [1.29, 1.82) is 0 Å². The maximum Gasteiger partial charge on any atom is 0.152 e. The Balaban J connectivity index is 2.04. The van der Waals surface area contributed by atoms with Crippen molar-refractivity contribution >= 4 is 23.1 Å². The number of imidazole rings is 1. The van der Waals surface area contributed by atoms with Crippen molar-refractivity contribution < 1.29 is 0 Å². The van der Waals surface area contributed by atoms with Crippen LogP contribution in [0.15, 0.2) is 24.4 Å². The molecule has 1 aliphatic carbocycles. The van der Waals surface area contributed by atoms with Crippen LogP contribution in [0.5, 0.6) is 0 Å². The Morgan fingerprint density at radius 1 is 1.50 bits per heavy atom. The summed E-state index contributed by atoms with van der Waals surface area (Å²) in [6.07, 6.45) is 4.71. The van der Waals surface area contributed by atoms with Gasteiger partial charge in [0.15, 0.2) is 5.82 Å². The highest BCUT2D eigenvalue weighted by Gasteiger charge is 2.32. The predicted octanol–water partition coefficient (Wildman–Crippen LogP) is 3.31. The molecule has 0 N–H and O–H groups in total. The first-order valence-electron chi connectivity index (χ1n) is 6.47. The van der Waals surface area contributed by atoms with E-state index < -0.39 is 0 Å². The van der Waals surface area contributed by atoms with Crippen molar-refractivity contribution in [1.82, 2.24) is 9.38 Å². The highest BCUT2D eigenvalue weighted by atomic mass is 35.5. The van der Waals surface area contributed by atoms with Gasteiger partial charge in [0, 0.05) is 19.3 Å². The van der Waals surface area contributed by atoms with E-state index in [9.17, 15) is 0 Å². The van der Waals surface area contributed by atoms with Crippen LogP contribution in [0.1, 0.15) is 25.5 Å². The van der Waals surface area contributed by atoms with Gasteiger partial charge >= 0.3 is 0 Å². The summed E-state index contributed by atoms with van der Waals surface area (Å²) in [5, 5.41) is 0. The summed E-state index contributed by atoms with van der Waals surface area (Å²) in [4.78, 5) is 7.00. The second kappa shape index (κ2) is 4.47. The van der Waals surface area contributed by atoms with Crippen LogP contribution in [0.3, 0.4) is 0 Å². The minimum atomic E-state index is 0.488. The molecule has 1 fully saturated rings. The zero-order valence-electron chi connectivity index (χ0n) is 10.8. The minimum Gasteiger partial charge on any atom is -0.355 e. The van der Waals surface area contributed by atoms with Crippen LogP contribution in [0.25, 0.3) is 5.65 Å². The lowest BCUT2D eigenvalue weighted by Gasteiger charge is -2.25. The lowest BCUT2D eigenvalue weighted by Crippen LogP contribution is -2.31. The number of rotatable bonds is 4. The van der Waals surface area contributed by atoms with E-state index >= 15 is 0 Å². The SMILES string of the molecule is CC(C1CC1)N(C)c1nc2ccccn2c1CCl. The molecule has 0 radical (unpaired) electrons. The number of alkyl halides is 1. The van der Waals surface area contributed by atoms with Gasteiger partial charge in [-0.3, -0.25) is 0 Å². The quantitative estimate of drug-likeness (QED) is 0.789. The Kier molecular flexibility index (Phi) is 2.94. The molecular formula is C14H18ClN3. The molecule has 2 aromatic heterocycles. The molecule has 18 heavy (non-hydrogen) atoms. The van der Waals surface area contributed by atoms with Crippen molar-refractivity contribution in [3.05, 3.63) is 30.1 Å². The molecule has 2 aromatic rings. The summed E-state index contributed by atoms with van der Waals surface area (Å²) in [6.45, 7) is 2.28. The molecule has 0 aromatic carbocycles. The smallest absolute Gasteiger partial charge is 0.152 e. The predicted molar refractivity (Wildman–Crippen MR) is 75.3 cm³/mol. The van der Waals surface area contributed by atoms with E-state index in [1.165, 1.54) is 12.8 Å². The number of hydrogen-bond donors (Lipinski definition) is 0. The van der Waals surface area contributed by atoms with E-state index in [1.807, 2.05) is 24.4 Å². The van der Waals surface area contributed by atoms with Crippen LogP contribution >= 0.6 is 11.6 Å². The Hall–Kier alpha value is -1.22. The molecule has 0 saturated heterocycles. The first-order chi connectivity index (χ1) is 8.72. The minimum absolute atomic E-state index is 0.488. The van der Waals surface area contributed by atoms with Gasteiger partial charge in [0.2, 0.25) is 0 Å². The zero-order chi connectivity index (χ0) is 12.7. The van der Waals surface area contributed by atoms with Gasteiger partial charge in [-0.05, 0) is 37.8 Å². The van der Waals surface area contributed by atoms with Gasteiger partial charge < -0.3 is 9.30 Å². The van der Waals surface area contributed by atoms with Gasteiger partial charge in [0.25, 0.3) is 0 Å². The monoisotopic (exact) mass is 263 g/mol. The number of nitrogens with zero attached hydrogens (tertiary/aromatic N) is 3. The molecule has 1 atom stereocenters. The van der Waals surface area contributed by atoms with Crippen LogP contribution in [-0.2, 0) is 5.88 Å². The van der Waals surface area contributed by atoms with Crippen LogP contribution in [0.2, 0.25) is 0 Å². The Morgan fingerprint density at radius 3 is 2.94 bits per heavy atom. The van der Waals surface area contributed by atoms with Crippen molar-refractivity contribution in [2.75, 3.05) is 11.9 Å². The summed E-state index contributed by atoms with van der Waals surface area (Å²) in [5.74, 6) is 2.33. The molecule has 0 bridgehead atoms. The number of halogens is 1. The summed E-state index contributed by atoms with van der Waals surface area (Å²) in [5.41, 5.74) is 2.06. The molecule has 3 rings (SSSR count). The average Bonchev–Trinajstić information content (AvgIpc) is 3.17. The number of fused-ring (bicyclic) bond motifs is 1. The third-order valence-corrected chi connectivity index (χ3v) is 4.24. The summed E-state index contributed by atoms with van der Waals surface area (Å²) >= 11 is 6.11. The van der Waals surface area contributed by atoms with Crippen LogP contribution in [0, 0.1) is 5.92 Å². The molecule has 3 nitrogen and oxygen atoms in total. The van der Waals surface area contributed by atoms with Crippen molar-refractivity contribution in [3.63, 3.8) is 0 Å². The normalized spacial score (nSPS) is 17.1. The molecule has 4 heteroatoms. The fourth-order valence-electron chi connectivity index (χ4n) is 2.53. The zero-order valence-corrected chi connectivity index (χ0v) is 11.6. The van der Waals surface area contributed by atoms with Crippen LogP contribution in [0.4, 0.5) is 5.82 Å². The topological polar surface area (TPSA) is 20.5 Å². The molecule has 0 aliphatic heterocycles. The molecule has 0 spiro atoms. The molecule has 2 heterocycles. The standard InChI is InChI=1S/C14H18ClN3/c1-10(11-6-7-11)17(2)14-12(9-15)18-8-4-3-5-13(18)16-14/h3-5,8,10-11H,6-7,9H2,1-2H3. The Bertz CT molecular complexity index is 559. The summed E-state index contributed by atoms with van der Waals surface area (Å²) < 4.78 is 2.08. The number of aromatic nitrogens is 2. The maximum absolute atomic E-state index is 6.11. The fourth-order valence-corrected chi connectivity index (χ4v) is 2.78. The van der Waals surface area contributed by atoms with Crippen molar-refractivity contribution in [2.24, 2.45) is 5.92 Å². The molecule has 1 saturated carbocycles. The lowest BCUT2D eigenvalue weighted by molar-refractivity contribution is 0.603. The summed E-state index contributed by atoms with van der Waals surface area (Å²) in [6, 6.07) is 6.58. The third-order valence-electron chi connectivity index (χ3n) is 3.98. The van der Waals surface area contributed by atoms with E-state index in [0.29, 0.717) is 11.9 Å². The Morgan fingerprint density at radius 2 is 2.28 bits per heavy atom. The van der Waals surface area contributed by atoms with Gasteiger partial charge in [-0.2, -0.15) is 0 Å². The van der Waals surface area contributed by atoms with E-state index in [1.54, 1.807) is 0 Å². The van der Waals surface area contributed by atoms with Crippen LogP contribution < -0.4 is 4.90 Å². The average molecular weight is 264 g/mol. The number of hydrogen-bond acceptors (Lipinski definition) is 2. The molecule has 96 valence electrons. The molecule has 1 unspecified atom stereocenters. The second-order valence-electron chi connectivity index (χ2n) is 5.13. The second-order valence-corrected chi connectivity index (χ2v) is 5.40. The van der Waals surface area contributed by atoms with Crippen LogP contribution in [-0.4, -0.2) is 22.5 Å². The highest BCUT2D eigenvalue weighted by Crippen LogP contribution is 2.37. The van der Waals surface area contributed by atoms with Gasteiger partial charge in [0.1, 0.15) is 5.65 Å². The lowest BCUT2D eigenvalue weighted by atomic mass is 10.2. The van der Waals surface area contributed by atoms with E-state index in [-0.39, 0.29) is 0 Å². The first-order valence-corrected chi connectivity index (χ1v) is 7.00. The van der Waals surface area contributed by atoms with Gasteiger partial charge in [-0.25, -0.2) is 4.98 Å². The van der Waals surface area contributed by atoms with Crippen molar-refractivity contribution in [2.45, 2.75) is 31.7 Å². The molecule has 0 amide bonds. The summed E-state index contributed by atoms with van der Waals surface area (Å²) in [7, 11) is 2.13. The van der Waals surface area contributed by atoms with Gasteiger partial charge in [0.05, 0.1) is 11.6 Å². The largest absolute Gasteiger partial charge is 0.355 e. The maximum atomic E-state index is 6.11. The van der Waals surface area contributed by atoms with Gasteiger partial charge in [-0.15, -0.1) is 11.6 Å². The third kappa shape index (κ3) is 1.87. The number of anilines is 1. The fraction of sp³-hybridized carbons (Fsp3) is 0.500. The highest BCUT2D eigenvalue weighted by molar-refractivity contribution is 6.17. The molecular weight excluding hydrogens is 246 g/mol. The van der Waals surface area contributed by atoms with E-state index in [0.717, 1.165) is 23.1 Å². The first kappa shape index (κ1) is 11.8.